The number of alkyl halides is 3. The van der Waals surface area contributed by atoms with Gasteiger partial charge in [0, 0.05) is 0 Å². The van der Waals surface area contributed by atoms with Crippen LogP contribution in [0, 0.1) is 13.8 Å². The van der Waals surface area contributed by atoms with Gasteiger partial charge in [0.2, 0.25) is 0 Å². The van der Waals surface area contributed by atoms with Crippen LogP contribution in [0.1, 0.15) is 32.9 Å². The van der Waals surface area contributed by atoms with Gasteiger partial charge in [0.25, 0.3) is 0 Å². The Kier molecular flexibility index (Phi) is 3.76. The summed E-state index contributed by atoms with van der Waals surface area (Å²) in [5.74, 6) is -1.07. The number of aryl methyl sites for hydroxylation is 1. The first-order valence-electron chi connectivity index (χ1n) is 6.13. The molecular formula is C14H13F3N2O2. The van der Waals surface area contributed by atoms with Crippen molar-refractivity contribution in [2.24, 2.45) is 0 Å². The van der Waals surface area contributed by atoms with E-state index in [1.165, 1.54) is 16.8 Å². The summed E-state index contributed by atoms with van der Waals surface area (Å²) in [6, 6.07) is 4.72. The minimum absolute atomic E-state index is 0.127. The van der Waals surface area contributed by atoms with Crippen LogP contribution < -0.4 is 0 Å². The maximum atomic E-state index is 12.5. The van der Waals surface area contributed by atoms with E-state index >= 15 is 0 Å². The summed E-state index contributed by atoms with van der Waals surface area (Å²) in [4.78, 5) is 11.1. The lowest BCUT2D eigenvalue weighted by atomic mass is 10.1. The van der Waals surface area contributed by atoms with Gasteiger partial charge in [-0.2, -0.15) is 18.3 Å². The fraction of sp³-hybridized carbons (Fsp3) is 0.286. The Morgan fingerprint density at radius 2 is 1.81 bits per heavy atom. The van der Waals surface area contributed by atoms with E-state index in [9.17, 15) is 18.0 Å². The Hall–Kier alpha value is -2.31. The molecule has 0 aliphatic rings. The molecule has 0 amide bonds. The number of benzene rings is 1. The van der Waals surface area contributed by atoms with Crippen molar-refractivity contribution in [1.82, 2.24) is 9.78 Å². The summed E-state index contributed by atoms with van der Waals surface area (Å²) in [5, 5.41) is 13.2. The van der Waals surface area contributed by atoms with Gasteiger partial charge in [-0.3, -0.25) is 4.68 Å². The molecule has 0 aliphatic heterocycles. The van der Waals surface area contributed by atoms with Gasteiger partial charge in [-0.25, -0.2) is 4.79 Å². The molecule has 7 heteroatoms. The second-order valence-corrected chi connectivity index (χ2v) is 4.70. The summed E-state index contributed by atoms with van der Waals surface area (Å²) < 4.78 is 38.9. The molecule has 1 heterocycles. The zero-order valence-electron chi connectivity index (χ0n) is 11.4. The Morgan fingerprint density at radius 1 is 1.24 bits per heavy atom. The average Bonchev–Trinajstić information content (AvgIpc) is 2.64. The first kappa shape index (κ1) is 15.1. The standard InChI is InChI=1S/C14H13F3N2O2/c1-8-12(13(20)21)9(2)19(18-8)7-10-3-5-11(6-4-10)14(15,16)17/h3-6H,7H2,1-2H3,(H,20,21). The average molecular weight is 298 g/mol. The van der Waals surface area contributed by atoms with Crippen molar-refractivity contribution in [2.45, 2.75) is 26.6 Å². The van der Waals surface area contributed by atoms with Crippen LogP contribution >= 0.6 is 0 Å². The summed E-state index contributed by atoms with van der Waals surface area (Å²) >= 11 is 0. The maximum Gasteiger partial charge on any atom is 0.416 e. The Labute approximate surface area is 118 Å². The van der Waals surface area contributed by atoms with E-state index in [2.05, 4.69) is 5.10 Å². The zero-order chi connectivity index (χ0) is 15.8. The lowest BCUT2D eigenvalue weighted by Crippen LogP contribution is -2.07. The van der Waals surface area contributed by atoms with Crippen molar-refractivity contribution >= 4 is 5.97 Å². The molecule has 2 aromatic rings. The highest BCUT2D eigenvalue weighted by Crippen LogP contribution is 2.29. The van der Waals surface area contributed by atoms with Crippen molar-refractivity contribution < 1.29 is 23.1 Å². The molecule has 0 bridgehead atoms. The third kappa shape index (κ3) is 3.07. The minimum Gasteiger partial charge on any atom is -0.478 e. The molecule has 21 heavy (non-hydrogen) atoms. The molecule has 1 aromatic carbocycles. The number of hydrogen-bond donors (Lipinski definition) is 1. The molecule has 0 spiro atoms. The fourth-order valence-corrected chi connectivity index (χ4v) is 2.13. The molecule has 0 radical (unpaired) electrons. The van der Waals surface area contributed by atoms with Gasteiger partial charge in [0.05, 0.1) is 23.5 Å². The van der Waals surface area contributed by atoms with Gasteiger partial charge in [0.1, 0.15) is 5.56 Å². The van der Waals surface area contributed by atoms with Crippen molar-refractivity contribution in [3.63, 3.8) is 0 Å². The lowest BCUT2D eigenvalue weighted by molar-refractivity contribution is -0.137. The molecule has 112 valence electrons. The van der Waals surface area contributed by atoms with E-state index in [0.717, 1.165) is 12.1 Å². The monoisotopic (exact) mass is 298 g/mol. The van der Waals surface area contributed by atoms with Crippen LogP contribution in [0.2, 0.25) is 0 Å². The molecular weight excluding hydrogens is 285 g/mol. The molecule has 0 unspecified atom stereocenters. The third-order valence-electron chi connectivity index (χ3n) is 3.21. The van der Waals surface area contributed by atoms with E-state index in [0.29, 0.717) is 17.0 Å². The van der Waals surface area contributed by atoms with E-state index in [4.69, 9.17) is 5.11 Å². The highest BCUT2D eigenvalue weighted by molar-refractivity contribution is 5.90. The number of aromatic nitrogens is 2. The normalized spacial score (nSPS) is 11.7. The molecule has 2 rings (SSSR count). The molecule has 4 nitrogen and oxygen atoms in total. The summed E-state index contributed by atoms with van der Waals surface area (Å²) in [6.07, 6.45) is -4.37. The molecule has 1 aromatic heterocycles. The number of carboxylic acids is 1. The number of nitrogens with zero attached hydrogens (tertiary/aromatic N) is 2. The van der Waals surface area contributed by atoms with Crippen LogP contribution in [0.4, 0.5) is 13.2 Å². The van der Waals surface area contributed by atoms with Crippen LogP contribution in [-0.2, 0) is 12.7 Å². The SMILES string of the molecule is Cc1nn(Cc2ccc(C(F)(F)F)cc2)c(C)c1C(=O)O. The number of carbonyl (C=O) groups is 1. The van der Waals surface area contributed by atoms with Gasteiger partial charge in [-0.05, 0) is 31.5 Å². The maximum absolute atomic E-state index is 12.5. The van der Waals surface area contributed by atoms with Crippen molar-refractivity contribution in [2.75, 3.05) is 0 Å². The van der Waals surface area contributed by atoms with Gasteiger partial charge < -0.3 is 5.11 Å². The van der Waals surface area contributed by atoms with Gasteiger partial charge >= 0.3 is 12.1 Å². The van der Waals surface area contributed by atoms with Gasteiger partial charge in [-0.1, -0.05) is 12.1 Å². The first-order chi connectivity index (χ1) is 9.70. The third-order valence-corrected chi connectivity index (χ3v) is 3.21. The van der Waals surface area contributed by atoms with E-state index in [-0.39, 0.29) is 12.1 Å². The Bertz CT molecular complexity index is 673. The molecule has 0 aliphatic carbocycles. The fourth-order valence-electron chi connectivity index (χ4n) is 2.13. The van der Waals surface area contributed by atoms with Crippen LogP contribution in [-0.4, -0.2) is 20.9 Å². The largest absolute Gasteiger partial charge is 0.478 e. The van der Waals surface area contributed by atoms with Crippen LogP contribution in [0.25, 0.3) is 0 Å². The molecule has 0 saturated heterocycles. The summed E-state index contributed by atoms with van der Waals surface area (Å²) in [5.41, 5.74) is 0.880. The van der Waals surface area contributed by atoms with Crippen LogP contribution in [0.5, 0.6) is 0 Å². The Morgan fingerprint density at radius 3 is 2.24 bits per heavy atom. The molecule has 0 atom stereocenters. The zero-order valence-corrected chi connectivity index (χ0v) is 11.4. The second-order valence-electron chi connectivity index (χ2n) is 4.70. The Balaban J connectivity index is 2.27. The number of rotatable bonds is 3. The number of carboxylic acid groups (broad SMARTS) is 1. The number of halogens is 3. The van der Waals surface area contributed by atoms with Crippen LogP contribution in [0.15, 0.2) is 24.3 Å². The van der Waals surface area contributed by atoms with Gasteiger partial charge in [-0.15, -0.1) is 0 Å². The quantitative estimate of drug-likeness (QED) is 0.946. The number of hydrogen-bond acceptors (Lipinski definition) is 2. The topological polar surface area (TPSA) is 55.1 Å². The highest BCUT2D eigenvalue weighted by Gasteiger charge is 2.30. The van der Waals surface area contributed by atoms with Crippen molar-refractivity contribution in [3.8, 4) is 0 Å². The van der Waals surface area contributed by atoms with Crippen LogP contribution in [0.3, 0.4) is 0 Å². The van der Waals surface area contributed by atoms with Crippen molar-refractivity contribution in [3.05, 3.63) is 52.3 Å². The van der Waals surface area contributed by atoms with Gasteiger partial charge in [0.15, 0.2) is 0 Å². The predicted molar refractivity (Wildman–Crippen MR) is 69.2 cm³/mol. The molecule has 1 N–H and O–H groups in total. The van der Waals surface area contributed by atoms with E-state index < -0.39 is 17.7 Å². The summed E-state index contributed by atoms with van der Waals surface area (Å²) in [7, 11) is 0. The van der Waals surface area contributed by atoms with Crippen molar-refractivity contribution in [1.29, 1.82) is 0 Å². The highest BCUT2D eigenvalue weighted by atomic mass is 19.4. The first-order valence-corrected chi connectivity index (χ1v) is 6.13. The van der Waals surface area contributed by atoms with E-state index in [1.807, 2.05) is 0 Å². The predicted octanol–water partition coefficient (Wildman–Crippen LogP) is 3.27. The minimum atomic E-state index is -4.37. The second kappa shape index (κ2) is 5.23. The smallest absolute Gasteiger partial charge is 0.416 e. The van der Waals surface area contributed by atoms with E-state index in [1.54, 1.807) is 13.8 Å². The molecule has 0 fully saturated rings. The molecule has 0 saturated carbocycles. The number of aromatic carboxylic acids is 1. The lowest BCUT2D eigenvalue weighted by Gasteiger charge is -2.08. The summed E-state index contributed by atoms with van der Waals surface area (Å²) in [6.45, 7) is 3.42.